The summed E-state index contributed by atoms with van der Waals surface area (Å²) < 4.78 is 14.1. The molecular weight excluding hydrogens is 213 g/mol. The van der Waals surface area contributed by atoms with Gasteiger partial charge in [0.15, 0.2) is 0 Å². The van der Waals surface area contributed by atoms with E-state index in [0.29, 0.717) is 5.92 Å². The first kappa shape index (κ1) is 13.9. The second kappa shape index (κ2) is 6.55. The Hall–Kier alpha value is -1.15. The van der Waals surface area contributed by atoms with Gasteiger partial charge in [0, 0.05) is 12.5 Å². The number of nitrogens with one attached hydrogen (secondary N) is 1. The number of hydrogen-bond donors (Lipinski definition) is 1. The lowest BCUT2D eigenvalue weighted by atomic mass is 9.85. The van der Waals surface area contributed by atoms with E-state index in [2.05, 4.69) is 18.3 Å². The molecule has 0 aliphatic heterocycles. The molecule has 0 aliphatic carbocycles. The Morgan fingerprint density at radius 2 is 2.12 bits per heavy atom. The minimum Gasteiger partial charge on any atom is -0.319 e. The molecule has 0 fully saturated rings. The van der Waals surface area contributed by atoms with Gasteiger partial charge < -0.3 is 5.32 Å². The summed E-state index contributed by atoms with van der Waals surface area (Å²) in [5.74, 6) is 0.434. The number of benzene rings is 1. The predicted molar refractivity (Wildman–Crippen MR) is 71.8 cm³/mol. The molecule has 0 aromatic heterocycles. The van der Waals surface area contributed by atoms with Gasteiger partial charge in [-0.15, -0.1) is 0 Å². The van der Waals surface area contributed by atoms with Crippen molar-refractivity contribution in [2.45, 2.75) is 26.7 Å². The normalized spacial score (nSPS) is 15.1. The van der Waals surface area contributed by atoms with Crippen molar-refractivity contribution in [1.29, 1.82) is 0 Å². The van der Waals surface area contributed by atoms with Gasteiger partial charge in [-0.05, 0) is 37.9 Å². The number of allylic oxidation sites excluding steroid dienone is 2. The summed E-state index contributed by atoms with van der Waals surface area (Å²) in [6.45, 7) is 6.73. The molecule has 0 amide bonds. The third kappa shape index (κ3) is 3.40. The van der Waals surface area contributed by atoms with Crippen LogP contribution >= 0.6 is 0 Å². The average Bonchev–Trinajstić information content (AvgIpc) is 2.30. The van der Waals surface area contributed by atoms with Crippen molar-refractivity contribution in [3.05, 3.63) is 47.3 Å². The second-order valence-corrected chi connectivity index (χ2v) is 4.53. The van der Waals surface area contributed by atoms with Gasteiger partial charge in [0.25, 0.3) is 0 Å². The SMILES string of the molecule is C/C=C/C(C)C(CNC)c1cccc(C)c1F. The average molecular weight is 235 g/mol. The van der Waals surface area contributed by atoms with Crippen LogP contribution in [0.5, 0.6) is 0 Å². The maximum absolute atomic E-state index is 14.1. The van der Waals surface area contributed by atoms with Crippen LogP contribution in [0.25, 0.3) is 0 Å². The highest BCUT2D eigenvalue weighted by Gasteiger charge is 2.20. The molecule has 0 saturated carbocycles. The van der Waals surface area contributed by atoms with Gasteiger partial charge in [-0.3, -0.25) is 0 Å². The summed E-state index contributed by atoms with van der Waals surface area (Å²) in [5, 5.41) is 3.15. The minimum absolute atomic E-state index is 0.0656. The summed E-state index contributed by atoms with van der Waals surface area (Å²) >= 11 is 0. The predicted octanol–water partition coefficient (Wildman–Crippen LogP) is 3.65. The van der Waals surface area contributed by atoms with Crippen molar-refractivity contribution < 1.29 is 4.39 Å². The monoisotopic (exact) mass is 235 g/mol. The number of hydrogen-bond acceptors (Lipinski definition) is 1. The van der Waals surface area contributed by atoms with Gasteiger partial charge in [0.05, 0.1) is 0 Å². The zero-order chi connectivity index (χ0) is 12.8. The first-order valence-corrected chi connectivity index (χ1v) is 6.14. The Labute approximate surface area is 104 Å². The molecule has 17 heavy (non-hydrogen) atoms. The van der Waals surface area contributed by atoms with E-state index in [-0.39, 0.29) is 11.7 Å². The Morgan fingerprint density at radius 1 is 1.41 bits per heavy atom. The van der Waals surface area contributed by atoms with Crippen LogP contribution in [0, 0.1) is 18.7 Å². The van der Waals surface area contributed by atoms with Gasteiger partial charge in [-0.2, -0.15) is 0 Å². The molecule has 0 radical (unpaired) electrons. The van der Waals surface area contributed by atoms with E-state index in [1.807, 2.05) is 45.2 Å². The lowest BCUT2D eigenvalue weighted by Gasteiger charge is -2.23. The van der Waals surface area contributed by atoms with Crippen LogP contribution in [0.4, 0.5) is 4.39 Å². The highest BCUT2D eigenvalue weighted by atomic mass is 19.1. The van der Waals surface area contributed by atoms with E-state index in [4.69, 9.17) is 0 Å². The van der Waals surface area contributed by atoms with E-state index < -0.39 is 0 Å². The summed E-state index contributed by atoms with van der Waals surface area (Å²) in [6, 6.07) is 5.64. The third-order valence-corrected chi connectivity index (χ3v) is 3.18. The minimum atomic E-state index is -0.0656. The van der Waals surface area contributed by atoms with E-state index in [0.717, 1.165) is 17.7 Å². The van der Waals surface area contributed by atoms with Crippen molar-refractivity contribution in [3.63, 3.8) is 0 Å². The maximum Gasteiger partial charge on any atom is 0.129 e. The number of rotatable bonds is 5. The zero-order valence-corrected chi connectivity index (χ0v) is 11.1. The standard InChI is InChI=1S/C15H22FN/c1-5-7-11(2)14(10-17-4)13-9-6-8-12(3)15(13)16/h5-9,11,14,17H,10H2,1-4H3/b7-5+. The van der Waals surface area contributed by atoms with Crippen molar-refractivity contribution in [2.24, 2.45) is 5.92 Å². The molecule has 1 nitrogen and oxygen atoms in total. The molecule has 2 unspecified atom stereocenters. The van der Waals surface area contributed by atoms with Crippen LogP contribution in [0.2, 0.25) is 0 Å². The number of likely N-dealkylation sites (N-methyl/N-ethyl adjacent to an activating group) is 1. The van der Waals surface area contributed by atoms with E-state index in [9.17, 15) is 4.39 Å². The molecule has 0 spiro atoms. The van der Waals surface area contributed by atoms with Crippen LogP contribution < -0.4 is 5.32 Å². The molecule has 1 rings (SSSR count). The van der Waals surface area contributed by atoms with Crippen LogP contribution in [0.3, 0.4) is 0 Å². The fourth-order valence-corrected chi connectivity index (χ4v) is 2.19. The van der Waals surface area contributed by atoms with Crippen molar-refractivity contribution >= 4 is 0 Å². The molecule has 0 saturated heterocycles. The quantitative estimate of drug-likeness (QED) is 0.768. The Morgan fingerprint density at radius 3 is 2.71 bits per heavy atom. The van der Waals surface area contributed by atoms with Crippen molar-refractivity contribution in [2.75, 3.05) is 13.6 Å². The van der Waals surface area contributed by atoms with E-state index in [1.165, 1.54) is 0 Å². The molecule has 2 heteroatoms. The van der Waals surface area contributed by atoms with Crippen LogP contribution in [0.1, 0.15) is 30.9 Å². The first-order valence-electron chi connectivity index (χ1n) is 6.14. The van der Waals surface area contributed by atoms with E-state index >= 15 is 0 Å². The summed E-state index contributed by atoms with van der Waals surface area (Å²) in [5.41, 5.74) is 1.53. The molecular formula is C15H22FN. The maximum atomic E-state index is 14.1. The largest absolute Gasteiger partial charge is 0.319 e. The highest BCUT2D eigenvalue weighted by molar-refractivity contribution is 5.29. The van der Waals surface area contributed by atoms with Crippen molar-refractivity contribution in [3.8, 4) is 0 Å². The van der Waals surface area contributed by atoms with Crippen LogP contribution in [0.15, 0.2) is 30.4 Å². The molecule has 94 valence electrons. The van der Waals surface area contributed by atoms with Crippen LogP contribution in [-0.4, -0.2) is 13.6 Å². The van der Waals surface area contributed by atoms with Gasteiger partial charge >= 0.3 is 0 Å². The van der Waals surface area contributed by atoms with Gasteiger partial charge in [0.2, 0.25) is 0 Å². The molecule has 0 bridgehead atoms. The topological polar surface area (TPSA) is 12.0 Å². The van der Waals surface area contributed by atoms with Crippen LogP contribution in [-0.2, 0) is 0 Å². The fourth-order valence-electron chi connectivity index (χ4n) is 2.19. The highest BCUT2D eigenvalue weighted by Crippen LogP contribution is 2.28. The van der Waals surface area contributed by atoms with Gasteiger partial charge in [0.1, 0.15) is 5.82 Å². The summed E-state index contributed by atoms with van der Waals surface area (Å²) in [6.07, 6.45) is 4.16. The lowest BCUT2D eigenvalue weighted by molar-refractivity contribution is 0.487. The molecule has 0 aliphatic rings. The Kier molecular flexibility index (Phi) is 5.36. The summed E-state index contributed by atoms with van der Waals surface area (Å²) in [7, 11) is 1.91. The summed E-state index contributed by atoms with van der Waals surface area (Å²) in [4.78, 5) is 0. The second-order valence-electron chi connectivity index (χ2n) is 4.53. The first-order chi connectivity index (χ1) is 8.11. The number of aryl methyl sites for hydroxylation is 1. The molecule has 1 N–H and O–H groups in total. The van der Waals surface area contributed by atoms with Gasteiger partial charge in [-0.1, -0.05) is 37.3 Å². The number of halogens is 1. The van der Waals surface area contributed by atoms with E-state index in [1.54, 1.807) is 0 Å². The Balaban J connectivity index is 3.09. The Bertz CT molecular complexity index is 385. The lowest BCUT2D eigenvalue weighted by Crippen LogP contribution is -2.23. The smallest absolute Gasteiger partial charge is 0.129 e. The molecule has 1 aromatic carbocycles. The third-order valence-electron chi connectivity index (χ3n) is 3.18. The van der Waals surface area contributed by atoms with Gasteiger partial charge in [-0.25, -0.2) is 4.39 Å². The molecule has 1 aromatic rings. The molecule has 0 heterocycles. The molecule has 2 atom stereocenters. The van der Waals surface area contributed by atoms with Crippen molar-refractivity contribution in [1.82, 2.24) is 5.32 Å². The fraction of sp³-hybridized carbons (Fsp3) is 0.467. The zero-order valence-electron chi connectivity index (χ0n) is 11.1.